The van der Waals surface area contributed by atoms with Crippen molar-refractivity contribution in [1.82, 2.24) is 9.80 Å². The van der Waals surface area contributed by atoms with Gasteiger partial charge in [-0.1, -0.05) is 19.1 Å². The summed E-state index contributed by atoms with van der Waals surface area (Å²) < 4.78 is 13.6. The topological polar surface area (TPSA) is 23.6 Å². The normalized spacial score (nSPS) is 23.4. The first-order valence-electron chi connectivity index (χ1n) is 9.44. The van der Waals surface area contributed by atoms with Gasteiger partial charge in [0.15, 0.2) is 0 Å². The number of hydrogen-bond donors (Lipinski definition) is 0. The van der Waals surface area contributed by atoms with Crippen LogP contribution < -0.4 is 0 Å². The fraction of sp³-hybridized carbons (Fsp3) is 0.650. The Balaban J connectivity index is 1.63. The number of halogens is 1. The smallest absolute Gasteiger partial charge is 0.223 e. The van der Waals surface area contributed by atoms with Gasteiger partial charge in [-0.15, -0.1) is 0 Å². The molecule has 0 radical (unpaired) electrons. The van der Waals surface area contributed by atoms with Crippen molar-refractivity contribution in [3.8, 4) is 0 Å². The van der Waals surface area contributed by atoms with Gasteiger partial charge in [0, 0.05) is 13.0 Å². The molecule has 1 aromatic rings. The van der Waals surface area contributed by atoms with Crippen molar-refractivity contribution in [2.75, 3.05) is 26.2 Å². The van der Waals surface area contributed by atoms with Crippen LogP contribution >= 0.6 is 0 Å². The quantitative estimate of drug-likeness (QED) is 0.832. The van der Waals surface area contributed by atoms with E-state index in [1.165, 1.54) is 6.07 Å². The number of carbonyl (C=O) groups is 1. The van der Waals surface area contributed by atoms with E-state index in [0.717, 1.165) is 63.8 Å². The molecule has 0 aromatic heterocycles. The Bertz CT molecular complexity index is 554. The lowest BCUT2D eigenvalue weighted by molar-refractivity contribution is -0.136. The lowest BCUT2D eigenvalue weighted by Gasteiger charge is -2.38. The summed E-state index contributed by atoms with van der Waals surface area (Å²) in [7, 11) is 0. The Morgan fingerprint density at radius 2 is 1.96 bits per heavy atom. The van der Waals surface area contributed by atoms with Gasteiger partial charge in [-0.3, -0.25) is 4.79 Å². The van der Waals surface area contributed by atoms with Crippen LogP contribution in [0.5, 0.6) is 0 Å². The van der Waals surface area contributed by atoms with Crippen molar-refractivity contribution >= 4 is 5.91 Å². The molecule has 132 valence electrons. The largest absolute Gasteiger partial charge is 0.336 e. The zero-order valence-electron chi connectivity index (χ0n) is 14.7. The second kappa shape index (κ2) is 8.11. The van der Waals surface area contributed by atoms with Gasteiger partial charge < -0.3 is 9.80 Å². The van der Waals surface area contributed by atoms with Crippen molar-refractivity contribution in [2.24, 2.45) is 5.92 Å². The molecule has 0 saturated carbocycles. The second-order valence-corrected chi connectivity index (χ2v) is 7.24. The Kier molecular flexibility index (Phi) is 5.88. The lowest BCUT2D eigenvalue weighted by Crippen LogP contribution is -2.41. The van der Waals surface area contributed by atoms with Gasteiger partial charge in [0.25, 0.3) is 0 Å². The van der Waals surface area contributed by atoms with Crippen molar-refractivity contribution in [2.45, 2.75) is 51.5 Å². The highest BCUT2D eigenvalue weighted by Crippen LogP contribution is 2.33. The third-order valence-corrected chi connectivity index (χ3v) is 5.67. The van der Waals surface area contributed by atoms with Crippen molar-refractivity contribution in [3.05, 3.63) is 35.6 Å². The fourth-order valence-corrected chi connectivity index (χ4v) is 4.16. The molecule has 2 fully saturated rings. The van der Waals surface area contributed by atoms with E-state index in [2.05, 4.69) is 11.8 Å². The molecule has 0 N–H and O–H groups in total. The summed E-state index contributed by atoms with van der Waals surface area (Å²) in [5.41, 5.74) is 0.948. The maximum atomic E-state index is 13.6. The van der Waals surface area contributed by atoms with Crippen molar-refractivity contribution < 1.29 is 9.18 Å². The zero-order chi connectivity index (χ0) is 16.9. The molecule has 2 aliphatic rings. The van der Waals surface area contributed by atoms with Crippen LogP contribution in [0.25, 0.3) is 0 Å². The summed E-state index contributed by atoms with van der Waals surface area (Å²) in [5.74, 6) is 0.562. The van der Waals surface area contributed by atoms with E-state index in [1.54, 1.807) is 12.1 Å². The molecule has 4 heteroatoms. The number of amides is 1. The summed E-state index contributed by atoms with van der Waals surface area (Å²) >= 11 is 0. The maximum absolute atomic E-state index is 13.6. The van der Waals surface area contributed by atoms with Gasteiger partial charge in [-0.25, -0.2) is 4.39 Å². The van der Waals surface area contributed by atoms with Crippen LogP contribution in [0, 0.1) is 11.7 Å². The summed E-state index contributed by atoms with van der Waals surface area (Å²) in [5, 5.41) is 0. The number of carbonyl (C=O) groups excluding carboxylic acids is 1. The van der Waals surface area contributed by atoms with Crippen LogP contribution in [-0.4, -0.2) is 41.9 Å². The van der Waals surface area contributed by atoms with Crippen molar-refractivity contribution in [3.63, 3.8) is 0 Å². The van der Waals surface area contributed by atoms with Gasteiger partial charge in [0.2, 0.25) is 5.91 Å². The highest BCUT2D eigenvalue weighted by Gasteiger charge is 2.30. The van der Waals surface area contributed by atoms with E-state index in [-0.39, 0.29) is 17.8 Å². The number of rotatable bonds is 4. The highest BCUT2D eigenvalue weighted by atomic mass is 19.1. The Labute approximate surface area is 144 Å². The standard InChI is InChI=1S/C20H29FN2O/c1-2-22-12-9-16(10-13-22)14-20(24)23-11-4-3-8-19(23)17-6-5-7-18(21)15-17/h5-7,15-16,19H,2-4,8-14H2,1H3/t19-/m0/s1. The van der Waals surface area contributed by atoms with Gasteiger partial charge >= 0.3 is 0 Å². The predicted octanol–water partition coefficient (Wildman–Crippen LogP) is 4.00. The summed E-state index contributed by atoms with van der Waals surface area (Å²) in [6, 6.07) is 6.83. The number of benzene rings is 1. The first-order chi connectivity index (χ1) is 11.7. The number of piperidine rings is 2. The van der Waals surface area contributed by atoms with Crippen LogP contribution in [0.1, 0.15) is 57.1 Å². The number of likely N-dealkylation sites (tertiary alicyclic amines) is 2. The van der Waals surface area contributed by atoms with Crippen LogP contribution in [0.2, 0.25) is 0 Å². The molecule has 0 bridgehead atoms. The number of nitrogens with zero attached hydrogens (tertiary/aromatic N) is 2. The van der Waals surface area contributed by atoms with Gasteiger partial charge in [-0.2, -0.15) is 0 Å². The minimum Gasteiger partial charge on any atom is -0.336 e. The van der Waals surface area contributed by atoms with E-state index < -0.39 is 0 Å². The molecule has 2 aliphatic heterocycles. The zero-order valence-corrected chi connectivity index (χ0v) is 14.7. The molecule has 0 spiro atoms. The van der Waals surface area contributed by atoms with Crippen LogP contribution in [0.3, 0.4) is 0 Å². The molecule has 24 heavy (non-hydrogen) atoms. The Hall–Kier alpha value is -1.42. The lowest BCUT2D eigenvalue weighted by atomic mass is 9.90. The maximum Gasteiger partial charge on any atom is 0.223 e. The Morgan fingerprint density at radius 3 is 2.67 bits per heavy atom. The van der Waals surface area contributed by atoms with E-state index in [0.29, 0.717) is 12.3 Å². The third-order valence-electron chi connectivity index (χ3n) is 5.67. The average molecular weight is 332 g/mol. The minimum atomic E-state index is -0.211. The van der Waals surface area contributed by atoms with Crippen LogP contribution in [0.4, 0.5) is 4.39 Å². The second-order valence-electron chi connectivity index (χ2n) is 7.24. The minimum absolute atomic E-state index is 0.0534. The molecular weight excluding hydrogens is 303 g/mol. The highest BCUT2D eigenvalue weighted by molar-refractivity contribution is 5.77. The SMILES string of the molecule is CCN1CCC(CC(=O)N2CCCC[C@H]2c2cccc(F)c2)CC1. The fourth-order valence-electron chi connectivity index (χ4n) is 4.16. The van der Waals surface area contributed by atoms with E-state index in [1.807, 2.05) is 11.0 Å². The van der Waals surface area contributed by atoms with E-state index in [4.69, 9.17) is 0 Å². The molecule has 3 rings (SSSR count). The van der Waals surface area contributed by atoms with E-state index >= 15 is 0 Å². The van der Waals surface area contributed by atoms with Gasteiger partial charge in [0.1, 0.15) is 5.82 Å². The van der Waals surface area contributed by atoms with E-state index in [9.17, 15) is 9.18 Å². The first kappa shape index (κ1) is 17.4. The molecule has 1 aromatic carbocycles. The van der Waals surface area contributed by atoms with Gasteiger partial charge in [0.05, 0.1) is 6.04 Å². The summed E-state index contributed by atoms with van der Waals surface area (Å²) in [6.45, 7) is 6.34. The molecule has 2 saturated heterocycles. The summed E-state index contributed by atoms with van der Waals surface area (Å²) in [4.78, 5) is 17.4. The molecule has 1 amide bonds. The van der Waals surface area contributed by atoms with Gasteiger partial charge in [-0.05, 0) is 75.4 Å². The monoisotopic (exact) mass is 332 g/mol. The molecule has 2 heterocycles. The number of hydrogen-bond acceptors (Lipinski definition) is 2. The van der Waals surface area contributed by atoms with Crippen LogP contribution in [-0.2, 0) is 4.79 Å². The Morgan fingerprint density at radius 1 is 1.17 bits per heavy atom. The molecule has 0 aliphatic carbocycles. The van der Waals surface area contributed by atoms with Crippen molar-refractivity contribution in [1.29, 1.82) is 0 Å². The molecule has 1 atom stereocenters. The molecule has 3 nitrogen and oxygen atoms in total. The third kappa shape index (κ3) is 4.15. The average Bonchev–Trinajstić information content (AvgIpc) is 2.62. The molecular formula is C20H29FN2O. The van der Waals surface area contributed by atoms with Crippen LogP contribution in [0.15, 0.2) is 24.3 Å². The predicted molar refractivity (Wildman–Crippen MR) is 94.2 cm³/mol. The summed E-state index contributed by atoms with van der Waals surface area (Å²) in [6.07, 6.45) is 6.02. The first-order valence-corrected chi connectivity index (χ1v) is 9.44. The molecule has 0 unspecified atom stereocenters.